The molecule has 0 saturated heterocycles. The van der Waals surface area contributed by atoms with Gasteiger partial charge in [-0.05, 0) is 47.9 Å². The highest BCUT2D eigenvalue weighted by Crippen LogP contribution is 2.26. The second-order valence-corrected chi connectivity index (χ2v) is 5.58. The molecule has 0 amide bonds. The van der Waals surface area contributed by atoms with Gasteiger partial charge in [0.2, 0.25) is 0 Å². The van der Waals surface area contributed by atoms with Crippen LogP contribution in [-0.4, -0.2) is 22.7 Å². The van der Waals surface area contributed by atoms with Gasteiger partial charge in [0.25, 0.3) is 0 Å². The number of carboxylic acids is 1. The maximum absolute atomic E-state index is 10.7. The van der Waals surface area contributed by atoms with E-state index in [1.54, 1.807) is 12.3 Å². The van der Waals surface area contributed by atoms with Gasteiger partial charge >= 0.3 is 5.97 Å². The number of rotatable bonds is 5. The maximum atomic E-state index is 10.7. The van der Waals surface area contributed by atoms with Crippen LogP contribution < -0.4 is 4.74 Å². The Morgan fingerprint density at radius 1 is 1.09 bits per heavy atom. The zero-order valence-electron chi connectivity index (χ0n) is 12.2. The molecule has 0 unspecified atom stereocenters. The summed E-state index contributed by atoms with van der Waals surface area (Å²) in [5.74, 6) is -0.484. The first kappa shape index (κ1) is 15.3. The number of nitrogens with zero attached hydrogens (tertiary/aromatic N) is 1. The predicted molar refractivity (Wildman–Crippen MR) is 89.1 cm³/mol. The van der Waals surface area contributed by atoms with Crippen LogP contribution in [0.25, 0.3) is 10.9 Å². The first-order valence-electron chi connectivity index (χ1n) is 7.08. The Labute approximate surface area is 138 Å². The number of hydrogen-bond acceptors (Lipinski definition) is 3. The van der Waals surface area contributed by atoms with E-state index in [1.165, 1.54) is 0 Å². The standard InChI is InChI=1S/C18H14ClNO3/c19-14-4-1-12(2-5-14)9-13-3-6-16-15(10-13)17(7-8-20-16)23-11-18(21)22/h1-8,10H,9,11H2,(H,21,22). The summed E-state index contributed by atoms with van der Waals surface area (Å²) in [6, 6.07) is 15.3. The van der Waals surface area contributed by atoms with E-state index in [4.69, 9.17) is 21.4 Å². The number of aliphatic carboxylic acids is 1. The number of fused-ring (bicyclic) bond motifs is 1. The van der Waals surface area contributed by atoms with Crippen molar-refractivity contribution in [3.8, 4) is 5.75 Å². The van der Waals surface area contributed by atoms with Crippen LogP contribution in [0.15, 0.2) is 54.7 Å². The molecule has 1 heterocycles. The van der Waals surface area contributed by atoms with Crippen molar-refractivity contribution in [2.24, 2.45) is 0 Å². The van der Waals surface area contributed by atoms with Crippen LogP contribution in [-0.2, 0) is 11.2 Å². The zero-order chi connectivity index (χ0) is 16.2. The number of benzene rings is 2. The van der Waals surface area contributed by atoms with Crippen molar-refractivity contribution < 1.29 is 14.6 Å². The Morgan fingerprint density at radius 2 is 1.83 bits per heavy atom. The van der Waals surface area contributed by atoms with Crippen molar-refractivity contribution in [2.75, 3.05) is 6.61 Å². The molecule has 3 aromatic rings. The SMILES string of the molecule is O=C(O)COc1ccnc2ccc(Cc3ccc(Cl)cc3)cc12. The van der Waals surface area contributed by atoms with Gasteiger partial charge in [-0.2, -0.15) is 0 Å². The van der Waals surface area contributed by atoms with Crippen LogP contribution in [0.1, 0.15) is 11.1 Å². The maximum Gasteiger partial charge on any atom is 0.341 e. The monoisotopic (exact) mass is 327 g/mol. The van der Waals surface area contributed by atoms with E-state index in [0.717, 1.165) is 28.5 Å². The van der Waals surface area contributed by atoms with E-state index in [1.807, 2.05) is 42.5 Å². The van der Waals surface area contributed by atoms with Crippen LogP contribution in [0.2, 0.25) is 5.02 Å². The van der Waals surface area contributed by atoms with Gasteiger partial charge in [-0.1, -0.05) is 29.8 Å². The average molecular weight is 328 g/mol. The highest BCUT2D eigenvalue weighted by atomic mass is 35.5. The van der Waals surface area contributed by atoms with E-state index < -0.39 is 5.97 Å². The van der Waals surface area contributed by atoms with Crippen LogP contribution >= 0.6 is 11.6 Å². The van der Waals surface area contributed by atoms with E-state index in [9.17, 15) is 4.79 Å². The Hall–Kier alpha value is -2.59. The van der Waals surface area contributed by atoms with Crippen molar-refractivity contribution in [1.82, 2.24) is 4.98 Å². The van der Waals surface area contributed by atoms with Gasteiger partial charge in [0.05, 0.1) is 5.52 Å². The molecule has 0 radical (unpaired) electrons. The minimum atomic E-state index is -1.01. The normalized spacial score (nSPS) is 10.7. The number of carbonyl (C=O) groups is 1. The third-order valence-corrected chi connectivity index (χ3v) is 3.69. The van der Waals surface area contributed by atoms with Crippen LogP contribution in [0.5, 0.6) is 5.75 Å². The van der Waals surface area contributed by atoms with Crippen LogP contribution in [0.4, 0.5) is 0 Å². The van der Waals surface area contributed by atoms with Crippen molar-refractivity contribution in [2.45, 2.75) is 6.42 Å². The summed E-state index contributed by atoms with van der Waals surface area (Å²) in [6.45, 7) is -0.374. The molecule has 3 rings (SSSR count). The number of hydrogen-bond donors (Lipinski definition) is 1. The summed E-state index contributed by atoms with van der Waals surface area (Å²) < 4.78 is 5.34. The second kappa shape index (κ2) is 6.67. The first-order valence-corrected chi connectivity index (χ1v) is 7.46. The highest BCUT2D eigenvalue weighted by molar-refractivity contribution is 6.30. The van der Waals surface area contributed by atoms with Crippen molar-refractivity contribution in [3.63, 3.8) is 0 Å². The largest absolute Gasteiger partial charge is 0.481 e. The van der Waals surface area contributed by atoms with Crippen molar-refractivity contribution >= 4 is 28.5 Å². The number of aromatic nitrogens is 1. The summed E-state index contributed by atoms with van der Waals surface area (Å²) in [6.07, 6.45) is 2.36. The van der Waals surface area contributed by atoms with Crippen LogP contribution in [0.3, 0.4) is 0 Å². The van der Waals surface area contributed by atoms with Gasteiger partial charge in [0, 0.05) is 16.6 Å². The molecule has 5 heteroatoms. The Bertz CT molecular complexity index is 847. The molecule has 0 spiro atoms. The molecule has 1 N–H and O–H groups in total. The first-order chi connectivity index (χ1) is 11.1. The lowest BCUT2D eigenvalue weighted by molar-refractivity contribution is -0.139. The zero-order valence-corrected chi connectivity index (χ0v) is 13.0. The molecule has 0 aliphatic carbocycles. The summed E-state index contributed by atoms with van der Waals surface area (Å²) in [5.41, 5.74) is 3.01. The third kappa shape index (κ3) is 3.79. The van der Waals surface area contributed by atoms with Gasteiger partial charge in [-0.15, -0.1) is 0 Å². The van der Waals surface area contributed by atoms with Crippen molar-refractivity contribution in [3.05, 3.63) is 70.9 Å². The van der Waals surface area contributed by atoms with E-state index in [2.05, 4.69) is 4.98 Å². The average Bonchev–Trinajstić information content (AvgIpc) is 2.55. The Kier molecular flexibility index (Phi) is 4.44. The molecule has 1 aromatic heterocycles. The number of ether oxygens (including phenoxy) is 1. The smallest absolute Gasteiger partial charge is 0.341 e. The van der Waals surface area contributed by atoms with E-state index >= 15 is 0 Å². The minimum Gasteiger partial charge on any atom is -0.481 e. The fourth-order valence-electron chi connectivity index (χ4n) is 2.38. The van der Waals surface area contributed by atoms with E-state index in [-0.39, 0.29) is 6.61 Å². The van der Waals surface area contributed by atoms with Crippen LogP contribution in [0, 0.1) is 0 Å². The second-order valence-electron chi connectivity index (χ2n) is 5.15. The number of carboxylic acid groups (broad SMARTS) is 1. The predicted octanol–water partition coefficient (Wildman–Crippen LogP) is 3.94. The molecule has 0 bridgehead atoms. The lowest BCUT2D eigenvalue weighted by atomic mass is 10.0. The fourth-order valence-corrected chi connectivity index (χ4v) is 2.51. The molecule has 0 aliphatic rings. The molecule has 23 heavy (non-hydrogen) atoms. The van der Waals surface area contributed by atoms with Gasteiger partial charge in [-0.3, -0.25) is 4.98 Å². The van der Waals surface area contributed by atoms with Gasteiger partial charge in [0.15, 0.2) is 6.61 Å². The molecule has 0 aliphatic heterocycles. The van der Waals surface area contributed by atoms with Gasteiger partial charge in [0.1, 0.15) is 5.75 Å². The number of halogens is 1. The molecule has 0 atom stereocenters. The van der Waals surface area contributed by atoms with Gasteiger partial charge in [-0.25, -0.2) is 4.79 Å². The molecule has 116 valence electrons. The van der Waals surface area contributed by atoms with Gasteiger partial charge < -0.3 is 9.84 Å². The summed E-state index contributed by atoms with van der Waals surface area (Å²) in [7, 11) is 0. The summed E-state index contributed by atoms with van der Waals surface area (Å²) in [5, 5.41) is 10.3. The molecule has 4 nitrogen and oxygen atoms in total. The lowest BCUT2D eigenvalue weighted by Gasteiger charge is -2.09. The topological polar surface area (TPSA) is 59.4 Å². The number of pyridine rings is 1. The quantitative estimate of drug-likeness (QED) is 0.771. The molecule has 2 aromatic carbocycles. The third-order valence-electron chi connectivity index (χ3n) is 3.44. The minimum absolute atomic E-state index is 0.374. The Morgan fingerprint density at radius 3 is 2.57 bits per heavy atom. The molecule has 0 fully saturated rings. The summed E-state index contributed by atoms with van der Waals surface area (Å²) in [4.78, 5) is 15.0. The summed E-state index contributed by atoms with van der Waals surface area (Å²) >= 11 is 5.90. The lowest BCUT2D eigenvalue weighted by Crippen LogP contribution is -2.09. The molecular formula is C18H14ClNO3. The highest BCUT2D eigenvalue weighted by Gasteiger charge is 2.07. The molecular weight excluding hydrogens is 314 g/mol. The fraction of sp³-hybridized carbons (Fsp3) is 0.111. The van der Waals surface area contributed by atoms with E-state index in [0.29, 0.717) is 10.8 Å². The van der Waals surface area contributed by atoms with Crippen molar-refractivity contribution in [1.29, 1.82) is 0 Å². The molecule has 0 saturated carbocycles. The Balaban J connectivity index is 1.91.